The zero-order chi connectivity index (χ0) is 9.54. The molecule has 0 spiro atoms. The number of benzene rings is 1. The maximum atomic E-state index is 13.1. The van der Waals surface area contributed by atoms with Crippen molar-refractivity contribution in [1.82, 2.24) is 10.3 Å². The van der Waals surface area contributed by atoms with Crippen molar-refractivity contribution in [3.8, 4) is 0 Å². The normalized spacial score (nSPS) is 15.8. The molecule has 0 unspecified atom stereocenters. The fourth-order valence-corrected chi connectivity index (χ4v) is 2.14. The molecule has 0 saturated carbocycles. The molecule has 2 nitrogen and oxygen atoms in total. The number of nitrogens with one attached hydrogen (secondary N) is 2. The van der Waals surface area contributed by atoms with Gasteiger partial charge in [0.05, 0.1) is 0 Å². The van der Waals surface area contributed by atoms with Crippen LogP contribution in [0, 0.1) is 5.82 Å². The van der Waals surface area contributed by atoms with E-state index >= 15 is 0 Å². The van der Waals surface area contributed by atoms with Crippen LogP contribution in [0.15, 0.2) is 18.2 Å². The van der Waals surface area contributed by atoms with Crippen molar-refractivity contribution in [2.24, 2.45) is 0 Å². The number of hydrogen-bond donors (Lipinski definition) is 2. The summed E-state index contributed by atoms with van der Waals surface area (Å²) in [6, 6.07) is 4.93. The quantitative estimate of drug-likeness (QED) is 0.653. The zero-order valence-corrected chi connectivity index (χ0v) is 7.73. The molecule has 72 valence electrons. The van der Waals surface area contributed by atoms with Crippen LogP contribution < -0.4 is 5.32 Å². The summed E-state index contributed by atoms with van der Waals surface area (Å²) < 4.78 is 13.1. The van der Waals surface area contributed by atoms with E-state index in [0.717, 1.165) is 30.4 Å². The molecule has 0 amide bonds. The Morgan fingerprint density at radius 1 is 1.29 bits per heavy atom. The second-order valence-corrected chi connectivity index (χ2v) is 3.70. The highest BCUT2D eigenvalue weighted by Crippen LogP contribution is 2.25. The highest BCUT2D eigenvalue weighted by molar-refractivity contribution is 5.84. The van der Waals surface area contributed by atoms with Gasteiger partial charge in [-0.1, -0.05) is 0 Å². The van der Waals surface area contributed by atoms with Gasteiger partial charge in [-0.25, -0.2) is 4.39 Å². The molecule has 1 aliphatic heterocycles. The Hall–Kier alpha value is -1.35. The largest absolute Gasteiger partial charge is 0.357 e. The third kappa shape index (κ3) is 1.06. The van der Waals surface area contributed by atoms with Gasteiger partial charge in [0.15, 0.2) is 0 Å². The summed E-state index contributed by atoms with van der Waals surface area (Å²) in [6.45, 7) is 1.85. The van der Waals surface area contributed by atoms with Gasteiger partial charge in [0.2, 0.25) is 0 Å². The highest BCUT2D eigenvalue weighted by Gasteiger charge is 2.14. The van der Waals surface area contributed by atoms with Gasteiger partial charge < -0.3 is 10.3 Å². The van der Waals surface area contributed by atoms with Gasteiger partial charge in [0, 0.05) is 23.1 Å². The lowest BCUT2D eigenvalue weighted by molar-refractivity contribution is 0.628. The van der Waals surface area contributed by atoms with Crippen molar-refractivity contribution in [3.05, 3.63) is 35.3 Å². The van der Waals surface area contributed by atoms with Gasteiger partial charge in [-0.15, -0.1) is 0 Å². The van der Waals surface area contributed by atoms with Crippen LogP contribution in [0.5, 0.6) is 0 Å². The van der Waals surface area contributed by atoms with Crippen LogP contribution in [0.4, 0.5) is 4.39 Å². The minimum Gasteiger partial charge on any atom is -0.357 e. The number of rotatable bonds is 0. The first-order chi connectivity index (χ1) is 6.84. The molecule has 0 atom stereocenters. The molecule has 0 aliphatic carbocycles. The Bertz CT molecular complexity index is 487. The van der Waals surface area contributed by atoms with Crippen LogP contribution in [-0.2, 0) is 13.0 Å². The first kappa shape index (κ1) is 8.00. The summed E-state index contributed by atoms with van der Waals surface area (Å²) >= 11 is 0. The zero-order valence-electron chi connectivity index (χ0n) is 7.73. The third-order valence-corrected chi connectivity index (χ3v) is 2.81. The number of halogens is 1. The molecule has 0 fully saturated rings. The van der Waals surface area contributed by atoms with Crippen molar-refractivity contribution in [3.63, 3.8) is 0 Å². The molecule has 2 heterocycles. The van der Waals surface area contributed by atoms with Crippen molar-refractivity contribution < 1.29 is 4.39 Å². The average Bonchev–Trinajstić information content (AvgIpc) is 2.56. The first-order valence-corrected chi connectivity index (χ1v) is 4.84. The molecule has 1 aromatic heterocycles. The van der Waals surface area contributed by atoms with E-state index < -0.39 is 0 Å². The Morgan fingerprint density at radius 2 is 2.21 bits per heavy atom. The summed E-state index contributed by atoms with van der Waals surface area (Å²) in [7, 11) is 0. The smallest absolute Gasteiger partial charge is 0.123 e. The molecule has 2 aromatic rings. The number of H-pyrrole nitrogens is 1. The maximum Gasteiger partial charge on any atom is 0.123 e. The van der Waals surface area contributed by atoms with E-state index in [4.69, 9.17) is 0 Å². The fourth-order valence-electron chi connectivity index (χ4n) is 2.14. The van der Waals surface area contributed by atoms with E-state index in [9.17, 15) is 4.39 Å². The molecule has 2 N–H and O–H groups in total. The van der Waals surface area contributed by atoms with Crippen LogP contribution in [0.1, 0.15) is 11.3 Å². The SMILES string of the molecule is Fc1ccc2[nH]c3c(c2c1)CCNC3. The van der Waals surface area contributed by atoms with E-state index in [1.54, 1.807) is 6.07 Å². The monoisotopic (exact) mass is 190 g/mol. The van der Waals surface area contributed by atoms with E-state index in [2.05, 4.69) is 10.3 Å². The Balaban J connectivity index is 2.32. The van der Waals surface area contributed by atoms with Gasteiger partial charge >= 0.3 is 0 Å². The Kier molecular flexibility index (Phi) is 1.61. The molecule has 1 aliphatic rings. The van der Waals surface area contributed by atoms with Crippen molar-refractivity contribution in [2.75, 3.05) is 6.54 Å². The number of aromatic nitrogens is 1. The predicted octanol–water partition coefficient (Wildman–Crippen LogP) is 1.95. The number of aromatic amines is 1. The summed E-state index contributed by atoms with van der Waals surface area (Å²) in [5.41, 5.74) is 3.52. The number of fused-ring (bicyclic) bond motifs is 3. The molecule has 14 heavy (non-hydrogen) atoms. The topological polar surface area (TPSA) is 27.8 Å². The Labute approximate surface area is 81.1 Å². The summed E-state index contributed by atoms with van der Waals surface area (Å²) in [5.74, 6) is -0.155. The molecule has 1 aromatic carbocycles. The van der Waals surface area contributed by atoms with Crippen LogP contribution in [0.25, 0.3) is 10.9 Å². The van der Waals surface area contributed by atoms with Gasteiger partial charge in [-0.3, -0.25) is 0 Å². The molecule has 0 radical (unpaired) electrons. The average molecular weight is 190 g/mol. The molecule has 3 heteroatoms. The van der Waals surface area contributed by atoms with Gasteiger partial charge in [0.1, 0.15) is 5.82 Å². The van der Waals surface area contributed by atoms with Crippen molar-refractivity contribution in [1.29, 1.82) is 0 Å². The van der Waals surface area contributed by atoms with E-state index in [1.165, 1.54) is 17.3 Å². The van der Waals surface area contributed by atoms with Gasteiger partial charge in [0.25, 0.3) is 0 Å². The molecule has 3 rings (SSSR count). The second kappa shape index (κ2) is 2.82. The summed E-state index contributed by atoms with van der Waals surface area (Å²) in [4.78, 5) is 3.31. The molecule has 0 saturated heterocycles. The predicted molar refractivity (Wildman–Crippen MR) is 53.7 cm³/mol. The van der Waals surface area contributed by atoms with Crippen molar-refractivity contribution in [2.45, 2.75) is 13.0 Å². The lowest BCUT2D eigenvalue weighted by Crippen LogP contribution is -2.22. The highest BCUT2D eigenvalue weighted by atomic mass is 19.1. The molecule has 0 bridgehead atoms. The number of hydrogen-bond acceptors (Lipinski definition) is 1. The standard InChI is InChI=1S/C11H11FN2/c12-7-1-2-10-9(5-7)8-3-4-13-6-11(8)14-10/h1-2,5,13-14H,3-4,6H2. The minimum absolute atomic E-state index is 0.155. The van der Waals surface area contributed by atoms with Gasteiger partial charge in [-0.2, -0.15) is 0 Å². The summed E-state index contributed by atoms with van der Waals surface area (Å²) in [5, 5.41) is 4.33. The van der Waals surface area contributed by atoms with E-state index in [-0.39, 0.29) is 5.82 Å². The lowest BCUT2D eigenvalue weighted by Gasteiger charge is -2.12. The lowest BCUT2D eigenvalue weighted by atomic mass is 10.0. The molecular formula is C11H11FN2. The van der Waals surface area contributed by atoms with Crippen molar-refractivity contribution >= 4 is 10.9 Å². The van der Waals surface area contributed by atoms with Crippen LogP contribution in [0.3, 0.4) is 0 Å². The van der Waals surface area contributed by atoms with Crippen LogP contribution in [-0.4, -0.2) is 11.5 Å². The summed E-state index contributed by atoms with van der Waals surface area (Å²) in [6.07, 6.45) is 0.985. The van der Waals surface area contributed by atoms with Gasteiger partial charge in [-0.05, 0) is 36.7 Å². The van der Waals surface area contributed by atoms with Crippen LogP contribution in [0.2, 0.25) is 0 Å². The van der Waals surface area contributed by atoms with Crippen LogP contribution >= 0.6 is 0 Å². The van der Waals surface area contributed by atoms with E-state index in [0.29, 0.717) is 0 Å². The van der Waals surface area contributed by atoms with E-state index in [1.807, 2.05) is 6.07 Å². The Morgan fingerprint density at radius 3 is 3.14 bits per heavy atom. The minimum atomic E-state index is -0.155. The fraction of sp³-hybridized carbons (Fsp3) is 0.273. The molecular weight excluding hydrogens is 179 g/mol. The third-order valence-electron chi connectivity index (χ3n) is 2.81. The maximum absolute atomic E-state index is 13.1. The second-order valence-electron chi connectivity index (χ2n) is 3.70. The first-order valence-electron chi connectivity index (χ1n) is 4.84.